The molecule has 0 atom stereocenters. The standard InChI is InChI=1S/C13H11ClN2O5/c1-7-4-11(16(19)20)9(14)5-10(7)15-6-8-2-3-12(21-8)13(17)18/h2-5,15H,6H2,1H3,(H,17,18). The highest BCUT2D eigenvalue weighted by Gasteiger charge is 2.15. The lowest BCUT2D eigenvalue weighted by Crippen LogP contribution is -2.01. The molecule has 2 rings (SSSR count). The lowest BCUT2D eigenvalue weighted by atomic mass is 10.1. The summed E-state index contributed by atoms with van der Waals surface area (Å²) in [6.07, 6.45) is 0. The van der Waals surface area contributed by atoms with Gasteiger partial charge in [0.1, 0.15) is 10.8 Å². The number of carbonyl (C=O) groups is 1. The first-order valence-corrected chi connectivity index (χ1v) is 6.26. The lowest BCUT2D eigenvalue weighted by molar-refractivity contribution is -0.384. The van der Waals surface area contributed by atoms with E-state index in [1.165, 1.54) is 18.2 Å². The number of aryl methyl sites for hydroxylation is 1. The summed E-state index contributed by atoms with van der Waals surface area (Å²) in [6.45, 7) is 1.94. The van der Waals surface area contributed by atoms with Gasteiger partial charge in [0, 0.05) is 11.8 Å². The van der Waals surface area contributed by atoms with Crippen molar-refractivity contribution in [3.05, 3.63) is 56.5 Å². The third kappa shape index (κ3) is 3.32. The number of nitro benzene ring substituents is 1. The molecule has 0 aliphatic carbocycles. The van der Waals surface area contributed by atoms with Crippen LogP contribution in [0.1, 0.15) is 21.9 Å². The normalized spacial score (nSPS) is 10.4. The van der Waals surface area contributed by atoms with Crippen molar-refractivity contribution in [2.24, 2.45) is 0 Å². The fraction of sp³-hybridized carbons (Fsp3) is 0.154. The number of benzene rings is 1. The molecule has 0 fully saturated rings. The van der Waals surface area contributed by atoms with Crippen molar-refractivity contribution in [2.45, 2.75) is 13.5 Å². The predicted octanol–water partition coefficient (Wildman–Crippen LogP) is 3.46. The molecule has 0 spiro atoms. The van der Waals surface area contributed by atoms with E-state index >= 15 is 0 Å². The summed E-state index contributed by atoms with van der Waals surface area (Å²) in [4.78, 5) is 20.9. The Morgan fingerprint density at radius 2 is 2.19 bits per heavy atom. The molecule has 0 saturated carbocycles. The van der Waals surface area contributed by atoms with Crippen molar-refractivity contribution < 1.29 is 19.2 Å². The molecule has 2 N–H and O–H groups in total. The van der Waals surface area contributed by atoms with Gasteiger partial charge in [0.25, 0.3) is 5.69 Å². The molecule has 0 bridgehead atoms. The number of rotatable bonds is 5. The van der Waals surface area contributed by atoms with Gasteiger partial charge in [0.2, 0.25) is 5.76 Å². The highest BCUT2D eigenvalue weighted by atomic mass is 35.5. The second kappa shape index (κ2) is 5.84. The molecule has 1 heterocycles. The third-order valence-corrected chi connectivity index (χ3v) is 3.12. The lowest BCUT2D eigenvalue weighted by Gasteiger charge is -2.09. The van der Waals surface area contributed by atoms with Crippen LogP contribution >= 0.6 is 11.6 Å². The molecular weight excluding hydrogens is 300 g/mol. The predicted molar refractivity (Wildman–Crippen MR) is 75.8 cm³/mol. The molecule has 21 heavy (non-hydrogen) atoms. The van der Waals surface area contributed by atoms with Crippen LogP contribution in [0.2, 0.25) is 5.02 Å². The van der Waals surface area contributed by atoms with Gasteiger partial charge in [-0.3, -0.25) is 10.1 Å². The number of nitrogens with zero attached hydrogens (tertiary/aromatic N) is 1. The molecule has 1 aromatic heterocycles. The first-order chi connectivity index (χ1) is 9.88. The van der Waals surface area contributed by atoms with Crippen LogP contribution in [-0.4, -0.2) is 16.0 Å². The SMILES string of the molecule is Cc1cc([N+](=O)[O-])c(Cl)cc1NCc1ccc(C(=O)O)o1. The maximum atomic E-state index is 10.8. The molecule has 110 valence electrons. The Kier molecular flexibility index (Phi) is 4.13. The van der Waals surface area contributed by atoms with E-state index in [0.717, 1.165) is 0 Å². The summed E-state index contributed by atoms with van der Waals surface area (Å²) in [5, 5.41) is 22.5. The maximum Gasteiger partial charge on any atom is 0.371 e. The summed E-state index contributed by atoms with van der Waals surface area (Å²) in [5.41, 5.74) is 1.10. The zero-order valence-electron chi connectivity index (χ0n) is 10.9. The van der Waals surface area contributed by atoms with E-state index in [4.69, 9.17) is 21.1 Å². The summed E-state index contributed by atoms with van der Waals surface area (Å²) >= 11 is 5.84. The van der Waals surface area contributed by atoms with Gasteiger partial charge in [0.15, 0.2) is 0 Å². The molecular formula is C13H11ClN2O5. The van der Waals surface area contributed by atoms with Gasteiger partial charge in [-0.15, -0.1) is 0 Å². The number of nitrogens with one attached hydrogen (secondary N) is 1. The Hall–Kier alpha value is -2.54. The number of aromatic carboxylic acids is 1. The smallest absolute Gasteiger partial charge is 0.371 e. The van der Waals surface area contributed by atoms with E-state index in [-0.39, 0.29) is 23.0 Å². The van der Waals surface area contributed by atoms with Gasteiger partial charge >= 0.3 is 5.97 Å². The van der Waals surface area contributed by atoms with E-state index < -0.39 is 10.9 Å². The van der Waals surface area contributed by atoms with E-state index in [9.17, 15) is 14.9 Å². The number of hydrogen-bond acceptors (Lipinski definition) is 5. The number of furan rings is 1. The van der Waals surface area contributed by atoms with Gasteiger partial charge in [-0.25, -0.2) is 4.79 Å². The molecule has 0 saturated heterocycles. The number of halogens is 1. The second-order valence-corrected chi connectivity index (χ2v) is 4.71. The van der Waals surface area contributed by atoms with Crippen molar-refractivity contribution >= 4 is 28.9 Å². The molecule has 7 nitrogen and oxygen atoms in total. The first kappa shape index (κ1) is 14.9. The van der Waals surface area contributed by atoms with Crippen molar-refractivity contribution in [2.75, 3.05) is 5.32 Å². The van der Waals surface area contributed by atoms with E-state index in [0.29, 0.717) is 17.0 Å². The molecule has 0 aliphatic rings. The average Bonchev–Trinajstić information content (AvgIpc) is 2.88. The van der Waals surface area contributed by atoms with E-state index in [1.54, 1.807) is 13.0 Å². The van der Waals surface area contributed by atoms with Gasteiger partial charge in [-0.1, -0.05) is 11.6 Å². The van der Waals surface area contributed by atoms with E-state index in [1.807, 2.05) is 0 Å². The fourth-order valence-corrected chi connectivity index (χ4v) is 2.00. The molecule has 2 aromatic rings. The molecule has 0 amide bonds. The Bertz CT molecular complexity index is 711. The Morgan fingerprint density at radius 1 is 1.48 bits per heavy atom. The highest BCUT2D eigenvalue weighted by molar-refractivity contribution is 6.33. The quantitative estimate of drug-likeness (QED) is 0.647. The van der Waals surface area contributed by atoms with Crippen LogP contribution in [0.5, 0.6) is 0 Å². The molecule has 8 heteroatoms. The van der Waals surface area contributed by atoms with Crippen molar-refractivity contribution in [3.8, 4) is 0 Å². The third-order valence-electron chi connectivity index (χ3n) is 2.82. The minimum absolute atomic E-state index is 0.0266. The van der Waals surface area contributed by atoms with Gasteiger partial charge in [0.05, 0.1) is 11.5 Å². The minimum Gasteiger partial charge on any atom is -0.475 e. The van der Waals surface area contributed by atoms with Gasteiger partial charge < -0.3 is 14.8 Å². The Labute approximate surface area is 124 Å². The molecule has 0 radical (unpaired) electrons. The Balaban J connectivity index is 2.14. The van der Waals surface area contributed by atoms with Crippen LogP contribution in [0.15, 0.2) is 28.7 Å². The molecule has 1 aromatic carbocycles. The zero-order chi connectivity index (χ0) is 15.6. The topological polar surface area (TPSA) is 106 Å². The number of carboxylic acids is 1. The summed E-state index contributed by atoms with van der Waals surface area (Å²) in [6, 6.07) is 5.72. The minimum atomic E-state index is -1.14. The number of nitro groups is 1. The van der Waals surface area contributed by atoms with Gasteiger partial charge in [-0.05, 0) is 30.7 Å². The maximum absolute atomic E-state index is 10.8. The summed E-state index contributed by atoms with van der Waals surface area (Å²) in [5.74, 6) is -0.859. The van der Waals surface area contributed by atoms with Crippen LogP contribution in [0.25, 0.3) is 0 Å². The van der Waals surface area contributed by atoms with E-state index in [2.05, 4.69) is 5.32 Å². The Morgan fingerprint density at radius 3 is 2.76 bits per heavy atom. The molecule has 0 unspecified atom stereocenters. The van der Waals surface area contributed by atoms with Crippen LogP contribution < -0.4 is 5.32 Å². The van der Waals surface area contributed by atoms with Crippen molar-refractivity contribution in [1.82, 2.24) is 0 Å². The first-order valence-electron chi connectivity index (χ1n) is 5.89. The van der Waals surface area contributed by atoms with Gasteiger partial charge in [-0.2, -0.15) is 0 Å². The zero-order valence-corrected chi connectivity index (χ0v) is 11.7. The largest absolute Gasteiger partial charge is 0.475 e. The van der Waals surface area contributed by atoms with Crippen LogP contribution in [0, 0.1) is 17.0 Å². The number of carboxylic acid groups (broad SMARTS) is 1. The van der Waals surface area contributed by atoms with Crippen LogP contribution in [0.3, 0.4) is 0 Å². The molecule has 0 aliphatic heterocycles. The van der Waals surface area contributed by atoms with Crippen LogP contribution in [-0.2, 0) is 6.54 Å². The van der Waals surface area contributed by atoms with Crippen LogP contribution in [0.4, 0.5) is 11.4 Å². The second-order valence-electron chi connectivity index (χ2n) is 4.30. The number of anilines is 1. The highest BCUT2D eigenvalue weighted by Crippen LogP contribution is 2.30. The fourth-order valence-electron chi connectivity index (χ4n) is 1.77. The van der Waals surface area contributed by atoms with Crippen molar-refractivity contribution in [1.29, 1.82) is 0 Å². The summed E-state index contributed by atoms with van der Waals surface area (Å²) < 4.78 is 5.10. The summed E-state index contributed by atoms with van der Waals surface area (Å²) in [7, 11) is 0. The van der Waals surface area contributed by atoms with Crippen molar-refractivity contribution in [3.63, 3.8) is 0 Å². The average molecular weight is 311 g/mol. The monoisotopic (exact) mass is 310 g/mol. The number of hydrogen-bond donors (Lipinski definition) is 2.